The first-order valence-corrected chi connectivity index (χ1v) is 10.3. The average molecular weight is 391 g/mol. The van der Waals surface area contributed by atoms with E-state index in [1.54, 1.807) is 6.07 Å². The zero-order valence-electron chi connectivity index (χ0n) is 13.2. The molecule has 0 saturated carbocycles. The Morgan fingerprint density at radius 2 is 2.04 bits per heavy atom. The van der Waals surface area contributed by atoms with Crippen molar-refractivity contribution in [3.63, 3.8) is 0 Å². The largest absolute Gasteiger partial charge is 0.465 e. The van der Waals surface area contributed by atoms with Gasteiger partial charge < -0.3 is 9.15 Å². The van der Waals surface area contributed by atoms with Crippen molar-refractivity contribution in [3.05, 3.63) is 40.1 Å². The van der Waals surface area contributed by atoms with Crippen LogP contribution in [0.2, 0.25) is 4.34 Å². The molecule has 1 saturated heterocycles. The first-order chi connectivity index (χ1) is 11.5. The lowest BCUT2D eigenvalue weighted by Crippen LogP contribution is -2.43. The second kappa shape index (κ2) is 7.55. The van der Waals surface area contributed by atoms with Crippen LogP contribution in [0, 0.1) is 6.92 Å². The molecule has 9 heteroatoms. The molecule has 2 aromatic heterocycles. The van der Waals surface area contributed by atoms with Crippen LogP contribution in [-0.4, -0.2) is 46.2 Å². The zero-order valence-corrected chi connectivity index (χ0v) is 15.6. The quantitative estimate of drug-likeness (QED) is 0.820. The highest BCUT2D eigenvalue weighted by molar-refractivity contribution is 7.91. The third kappa shape index (κ3) is 4.19. The number of nitrogens with zero attached hydrogens (tertiary/aromatic N) is 1. The predicted molar refractivity (Wildman–Crippen MR) is 93.1 cm³/mol. The van der Waals surface area contributed by atoms with E-state index in [0.717, 1.165) is 35.9 Å². The van der Waals surface area contributed by atoms with Crippen LogP contribution in [0.1, 0.15) is 17.6 Å². The van der Waals surface area contributed by atoms with Crippen LogP contribution in [-0.2, 0) is 14.8 Å². The van der Waals surface area contributed by atoms with Gasteiger partial charge in [-0.15, -0.1) is 11.3 Å². The minimum atomic E-state index is -3.59. The van der Waals surface area contributed by atoms with Crippen molar-refractivity contribution >= 4 is 33.0 Å². The Kier molecular flexibility index (Phi) is 5.63. The van der Waals surface area contributed by atoms with E-state index < -0.39 is 10.0 Å². The Hall–Kier alpha value is -0.900. The molecule has 6 nitrogen and oxygen atoms in total. The minimum Gasteiger partial charge on any atom is -0.465 e. The summed E-state index contributed by atoms with van der Waals surface area (Å²) in [5.41, 5.74) is 0. The third-order valence-corrected chi connectivity index (χ3v) is 7.00. The maximum absolute atomic E-state index is 12.4. The number of hydrogen-bond donors (Lipinski definition) is 1. The fourth-order valence-electron chi connectivity index (χ4n) is 2.63. The molecule has 1 aliphatic heterocycles. The number of nitrogens with one attached hydrogen (secondary N) is 1. The molecule has 2 aromatic rings. The van der Waals surface area contributed by atoms with E-state index in [0.29, 0.717) is 17.6 Å². The number of halogens is 1. The second-order valence-electron chi connectivity index (χ2n) is 5.52. The number of rotatable bonds is 6. The lowest BCUT2D eigenvalue weighted by atomic mass is 10.2. The van der Waals surface area contributed by atoms with E-state index in [1.165, 1.54) is 6.07 Å². The van der Waals surface area contributed by atoms with Gasteiger partial charge in [-0.25, -0.2) is 13.1 Å². The molecule has 24 heavy (non-hydrogen) atoms. The third-order valence-electron chi connectivity index (χ3n) is 3.86. The van der Waals surface area contributed by atoms with E-state index in [9.17, 15) is 8.42 Å². The van der Waals surface area contributed by atoms with Gasteiger partial charge in [0.15, 0.2) is 0 Å². The molecule has 1 unspecified atom stereocenters. The Labute approximate surface area is 150 Å². The van der Waals surface area contributed by atoms with Crippen LogP contribution >= 0.6 is 22.9 Å². The molecular weight excluding hydrogens is 372 g/mol. The van der Waals surface area contributed by atoms with E-state index in [-0.39, 0.29) is 16.8 Å². The van der Waals surface area contributed by atoms with Crippen molar-refractivity contribution in [2.75, 3.05) is 32.8 Å². The molecule has 1 atom stereocenters. The van der Waals surface area contributed by atoms with E-state index in [1.807, 2.05) is 19.1 Å². The SMILES string of the molecule is Cc1ccc(C(CNS(=O)(=O)c2ccc(Cl)s2)N2CCOCC2)o1. The van der Waals surface area contributed by atoms with Gasteiger partial charge in [-0.1, -0.05) is 11.6 Å². The van der Waals surface area contributed by atoms with Crippen LogP contribution in [0.3, 0.4) is 0 Å². The van der Waals surface area contributed by atoms with Gasteiger partial charge in [0.1, 0.15) is 15.7 Å². The fourth-order valence-corrected chi connectivity index (χ4v) is 5.20. The Bertz CT molecular complexity index is 781. The molecule has 0 amide bonds. The summed E-state index contributed by atoms with van der Waals surface area (Å²) >= 11 is 6.88. The molecule has 0 spiro atoms. The number of thiophene rings is 1. The van der Waals surface area contributed by atoms with Crippen molar-refractivity contribution in [2.24, 2.45) is 0 Å². The van der Waals surface area contributed by atoms with Crippen molar-refractivity contribution in [1.82, 2.24) is 9.62 Å². The molecule has 1 N–H and O–H groups in total. The lowest BCUT2D eigenvalue weighted by Gasteiger charge is -2.33. The van der Waals surface area contributed by atoms with Gasteiger partial charge in [-0.05, 0) is 31.2 Å². The molecule has 3 heterocycles. The minimum absolute atomic E-state index is 0.173. The van der Waals surface area contributed by atoms with Crippen LogP contribution in [0.4, 0.5) is 0 Å². The summed E-state index contributed by atoms with van der Waals surface area (Å²) in [6.45, 7) is 4.82. The van der Waals surface area contributed by atoms with Gasteiger partial charge in [-0.3, -0.25) is 4.90 Å². The number of sulfonamides is 1. The van der Waals surface area contributed by atoms with Crippen LogP contribution < -0.4 is 4.72 Å². The Balaban J connectivity index is 1.76. The summed E-state index contributed by atoms with van der Waals surface area (Å²) in [5, 5.41) is 0. The fraction of sp³-hybridized carbons (Fsp3) is 0.467. The number of ether oxygens (including phenoxy) is 1. The van der Waals surface area contributed by atoms with Gasteiger partial charge in [-0.2, -0.15) is 0 Å². The predicted octanol–water partition coefficient (Wildman–Crippen LogP) is 2.65. The van der Waals surface area contributed by atoms with Gasteiger partial charge in [0, 0.05) is 19.6 Å². The molecule has 1 fully saturated rings. The maximum atomic E-state index is 12.4. The Morgan fingerprint density at radius 1 is 1.29 bits per heavy atom. The lowest BCUT2D eigenvalue weighted by molar-refractivity contribution is 0.0127. The molecule has 0 aliphatic carbocycles. The summed E-state index contributed by atoms with van der Waals surface area (Å²) in [6.07, 6.45) is 0. The van der Waals surface area contributed by atoms with Crippen molar-refractivity contribution in [3.8, 4) is 0 Å². The summed E-state index contributed by atoms with van der Waals surface area (Å²) < 4.78 is 39.3. The van der Waals surface area contributed by atoms with Crippen molar-refractivity contribution in [1.29, 1.82) is 0 Å². The summed E-state index contributed by atoms with van der Waals surface area (Å²) in [7, 11) is -3.59. The molecule has 0 bridgehead atoms. The van der Waals surface area contributed by atoms with Gasteiger partial charge in [0.05, 0.1) is 23.6 Å². The average Bonchev–Trinajstić information content (AvgIpc) is 3.18. The number of furan rings is 1. The van der Waals surface area contributed by atoms with Crippen molar-refractivity contribution < 1.29 is 17.6 Å². The van der Waals surface area contributed by atoms with Gasteiger partial charge in [0.25, 0.3) is 0 Å². The number of hydrogen-bond acceptors (Lipinski definition) is 6. The maximum Gasteiger partial charge on any atom is 0.250 e. The highest BCUT2D eigenvalue weighted by Crippen LogP contribution is 2.27. The van der Waals surface area contributed by atoms with Gasteiger partial charge in [0.2, 0.25) is 10.0 Å². The molecular formula is C15H19ClN2O4S2. The first kappa shape index (κ1) is 17.9. The molecule has 0 aromatic carbocycles. The standard InChI is InChI=1S/C15H19ClN2O4S2/c1-11-2-3-13(22-11)12(18-6-8-21-9-7-18)10-17-24(19,20)15-5-4-14(16)23-15/h2-5,12,17H,6-10H2,1H3. The molecule has 0 radical (unpaired) electrons. The molecule has 132 valence electrons. The Morgan fingerprint density at radius 3 is 2.62 bits per heavy atom. The summed E-state index contributed by atoms with van der Waals surface area (Å²) in [6, 6.07) is 6.70. The normalized spacial score (nSPS) is 17.9. The number of aryl methyl sites for hydroxylation is 1. The number of morpholine rings is 1. The van der Waals surface area contributed by atoms with Crippen LogP contribution in [0.15, 0.2) is 32.9 Å². The van der Waals surface area contributed by atoms with Crippen LogP contribution in [0.5, 0.6) is 0 Å². The van der Waals surface area contributed by atoms with E-state index in [2.05, 4.69) is 9.62 Å². The highest BCUT2D eigenvalue weighted by Gasteiger charge is 2.27. The highest BCUT2D eigenvalue weighted by atomic mass is 35.5. The molecule has 1 aliphatic rings. The van der Waals surface area contributed by atoms with Gasteiger partial charge >= 0.3 is 0 Å². The summed E-state index contributed by atoms with van der Waals surface area (Å²) in [4.78, 5) is 2.17. The summed E-state index contributed by atoms with van der Waals surface area (Å²) in [5.74, 6) is 1.55. The van der Waals surface area contributed by atoms with E-state index >= 15 is 0 Å². The topological polar surface area (TPSA) is 71.8 Å². The van der Waals surface area contributed by atoms with E-state index in [4.69, 9.17) is 20.8 Å². The van der Waals surface area contributed by atoms with Crippen molar-refractivity contribution in [2.45, 2.75) is 17.2 Å². The smallest absolute Gasteiger partial charge is 0.250 e. The second-order valence-corrected chi connectivity index (χ2v) is 9.23. The zero-order chi connectivity index (χ0) is 17.2. The monoisotopic (exact) mass is 390 g/mol. The van der Waals surface area contributed by atoms with Crippen LogP contribution in [0.25, 0.3) is 0 Å². The molecule has 3 rings (SSSR count). The first-order valence-electron chi connectivity index (χ1n) is 7.59.